The van der Waals surface area contributed by atoms with Crippen molar-refractivity contribution >= 4 is 0 Å². The van der Waals surface area contributed by atoms with Crippen LogP contribution in [-0.2, 0) is 12.8 Å². The van der Waals surface area contributed by atoms with Crippen LogP contribution in [-0.4, -0.2) is 0 Å². The third kappa shape index (κ3) is 4.29. The van der Waals surface area contributed by atoms with E-state index in [1.165, 1.54) is 77.5 Å². The van der Waals surface area contributed by atoms with Gasteiger partial charge in [-0.15, -0.1) is 0 Å². The summed E-state index contributed by atoms with van der Waals surface area (Å²) >= 11 is 0. The first-order valence-corrected chi connectivity index (χ1v) is 10.3. The van der Waals surface area contributed by atoms with Crippen molar-refractivity contribution in [2.75, 3.05) is 0 Å². The minimum Gasteiger partial charge on any atom is -0.0999 e. The second kappa shape index (κ2) is 8.25. The van der Waals surface area contributed by atoms with Crippen LogP contribution in [0.2, 0.25) is 0 Å². The largest absolute Gasteiger partial charge is 0.0999 e. The Bertz CT molecular complexity index is 761. The summed E-state index contributed by atoms with van der Waals surface area (Å²) in [6.07, 6.45) is 8.87. The van der Waals surface area contributed by atoms with Crippen molar-refractivity contribution in [3.63, 3.8) is 0 Å². The van der Waals surface area contributed by atoms with Gasteiger partial charge in [0, 0.05) is 0 Å². The quantitative estimate of drug-likeness (QED) is 0.491. The van der Waals surface area contributed by atoms with Crippen LogP contribution in [0.4, 0.5) is 0 Å². The fourth-order valence-electron chi connectivity index (χ4n) is 4.31. The molecule has 1 aliphatic carbocycles. The first-order valence-electron chi connectivity index (χ1n) is 10.3. The molecule has 0 unspecified atom stereocenters. The molecule has 1 aliphatic rings. The Labute approximate surface area is 160 Å². The lowest BCUT2D eigenvalue weighted by Gasteiger charge is -2.23. The molecular formula is C26H34. The minimum atomic E-state index is 0.896. The topological polar surface area (TPSA) is 0 Å². The Hall–Kier alpha value is -1.82. The van der Waals surface area contributed by atoms with E-state index in [2.05, 4.69) is 64.6 Å². The van der Waals surface area contributed by atoms with E-state index < -0.39 is 0 Å². The maximum absolute atomic E-state index is 4.15. The average Bonchev–Trinajstić information content (AvgIpc) is 2.65. The van der Waals surface area contributed by atoms with Crippen LogP contribution in [0.3, 0.4) is 0 Å². The van der Waals surface area contributed by atoms with Gasteiger partial charge in [-0.05, 0) is 111 Å². The Morgan fingerprint density at radius 2 is 1.54 bits per heavy atom. The molecule has 2 aromatic rings. The molecule has 138 valence electrons. The van der Waals surface area contributed by atoms with Gasteiger partial charge >= 0.3 is 0 Å². The Kier molecular flexibility index (Phi) is 6.01. The van der Waals surface area contributed by atoms with Gasteiger partial charge in [-0.1, -0.05) is 49.4 Å². The van der Waals surface area contributed by atoms with Gasteiger partial charge in [-0.2, -0.15) is 0 Å². The summed E-state index contributed by atoms with van der Waals surface area (Å²) in [7, 11) is 0. The molecular weight excluding hydrogens is 312 g/mol. The third-order valence-electron chi connectivity index (χ3n) is 6.48. The van der Waals surface area contributed by atoms with E-state index in [4.69, 9.17) is 0 Å². The van der Waals surface area contributed by atoms with Crippen molar-refractivity contribution < 1.29 is 0 Å². The molecule has 0 nitrogen and oxygen atoms in total. The van der Waals surface area contributed by atoms with E-state index in [9.17, 15) is 0 Å². The fourth-order valence-corrected chi connectivity index (χ4v) is 4.31. The van der Waals surface area contributed by atoms with Crippen LogP contribution >= 0.6 is 0 Å². The minimum absolute atomic E-state index is 0.896. The lowest BCUT2D eigenvalue weighted by molar-refractivity contribution is 0.384. The molecule has 0 radical (unpaired) electrons. The molecule has 0 saturated heterocycles. The Morgan fingerprint density at radius 3 is 2.15 bits per heavy atom. The first kappa shape index (κ1) is 19.0. The fraction of sp³-hybridized carbons (Fsp3) is 0.462. The molecule has 1 fully saturated rings. The van der Waals surface area contributed by atoms with Crippen LogP contribution in [0.5, 0.6) is 0 Å². The predicted octanol–water partition coefficient (Wildman–Crippen LogP) is 7.52. The monoisotopic (exact) mass is 346 g/mol. The van der Waals surface area contributed by atoms with E-state index in [0.717, 1.165) is 12.3 Å². The van der Waals surface area contributed by atoms with E-state index >= 15 is 0 Å². The zero-order valence-electron chi connectivity index (χ0n) is 17.1. The lowest BCUT2D eigenvalue weighted by atomic mass is 9.82. The molecule has 0 amide bonds. The van der Waals surface area contributed by atoms with Crippen LogP contribution in [0, 0.1) is 26.7 Å². The summed E-state index contributed by atoms with van der Waals surface area (Å²) in [6.45, 7) is 13.1. The van der Waals surface area contributed by atoms with Gasteiger partial charge < -0.3 is 0 Å². The van der Waals surface area contributed by atoms with E-state index in [0.29, 0.717) is 0 Å². The smallest absolute Gasteiger partial charge is 0.0178 e. The lowest BCUT2D eigenvalue weighted by Crippen LogP contribution is -2.09. The van der Waals surface area contributed by atoms with Gasteiger partial charge in [-0.3, -0.25) is 0 Å². The molecule has 0 aromatic heterocycles. The van der Waals surface area contributed by atoms with E-state index in [1.54, 1.807) is 5.56 Å². The van der Waals surface area contributed by atoms with Gasteiger partial charge in [0.05, 0.1) is 0 Å². The molecule has 0 spiro atoms. The van der Waals surface area contributed by atoms with Gasteiger partial charge in [0.15, 0.2) is 0 Å². The number of benzene rings is 2. The van der Waals surface area contributed by atoms with Crippen LogP contribution < -0.4 is 0 Å². The standard InChI is InChI=1S/C26H34/c1-6-23-17-25(26-15-19(3)21(5)20(4)16-26)14-13-24(23)12-11-22-9-7-18(2)8-10-22/h13-17,22H,2,6-12H2,1,3-5H3. The molecule has 0 bridgehead atoms. The molecule has 0 aliphatic heterocycles. The van der Waals surface area contributed by atoms with Gasteiger partial charge in [0.2, 0.25) is 0 Å². The molecule has 0 N–H and O–H groups in total. The predicted molar refractivity (Wildman–Crippen MR) is 115 cm³/mol. The van der Waals surface area contributed by atoms with Crippen molar-refractivity contribution in [3.8, 4) is 11.1 Å². The summed E-state index contributed by atoms with van der Waals surface area (Å²) in [5.74, 6) is 0.896. The van der Waals surface area contributed by atoms with Crippen molar-refractivity contribution in [2.24, 2.45) is 5.92 Å². The second-order valence-corrected chi connectivity index (χ2v) is 8.30. The number of rotatable bonds is 5. The van der Waals surface area contributed by atoms with Crippen LogP contribution in [0.15, 0.2) is 42.5 Å². The highest BCUT2D eigenvalue weighted by Gasteiger charge is 2.16. The summed E-state index contributed by atoms with van der Waals surface area (Å²) in [5, 5.41) is 0. The van der Waals surface area contributed by atoms with Gasteiger partial charge in [-0.25, -0.2) is 0 Å². The van der Waals surface area contributed by atoms with Gasteiger partial charge in [0.1, 0.15) is 0 Å². The molecule has 3 rings (SSSR count). The summed E-state index contributed by atoms with van der Waals surface area (Å²) in [5.41, 5.74) is 11.5. The average molecular weight is 347 g/mol. The van der Waals surface area contributed by atoms with Crippen molar-refractivity contribution in [1.29, 1.82) is 0 Å². The second-order valence-electron chi connectivity index (χ2n) is 8.30. The van der Waals surface area contributed by atoms with E-state index in [-0.39, 0.29) is 0 Å². The highest BCUT2D eigenvalue weighted by Crippen LogP contribution is 2.32. The number of aryl methyl sites for hydroxylation is 4. The zero-order valence-corrected chi connectivity index (χ0v) is 17.1. The normalized spacial score (nSPS) is 15.5. The molecule has 0 atom stereocenters. The Morgan fingerprint density at radius 1 is 0.885 bits per heavy atom. The van der Waals surface area contributed by atoms with E-state index in [1.807, 2.05) is 0 Å². The molecule has 26 heavy (non-hydrogen) atoms. The van der Waals surface area contributed by atoms with Crippen molar-refractivity contribution in [2.45, 2.75) is 72.6 Å². The molecule has 2 aromatic carbocycles. The van der Waals surface area contributed by atoms with Crippen LogP contribution in [0.25, 0.3) is 11.1 Å². The molecule has 1 saturated carbocycles. The first-order chi connectivity index (χ1) is 12.5. The highest BCUT2D eigenvalue weighted by atomic mass is 14.2. The van der Waals surface area contributed by atoms with Crippen molar-refractivity contribution in [1.82, 2.24) is 0 Å². The summed E-state index contributed by atoms with van der Waals surface area (Å²) < 4.78 is 0. The third-order valence-corrected chi connectivity index (χ3v) is 6.48. The van der Waals surface area contributed by atoms with Crippen LogP contribution in [0.1, 0.15) is 66.8 Å². The highest BCUT2D eigenvalue weighted by molar-refractivity contribution is 5.67. The number of hydrogen-bond acceptors (Lipinski definition) is 0. The maximum atomic E-state index is 4.15. The molecule has 0 heteroatoms. The Balaban J connectivity index is 1.76. The number of allylic oxidation sites excluding steroid dienone is 1. The maximum Gasteiger partial charge on any atom is -0.0178 e. The summed E-state index contributed by atoms with van der Waals surface area (Å²) in [6, 6.07) is 11.8. The SMILES string of the molecule is C=C1CCC(CCc2ccc(-c3cc(C)c(C)c(C)c3)cc2CC)CC1. The summed E-state index contributed by atoms with van der Waals surface area (Å²) in [4.78, 5) is 0. The zero-order chi connectivity index (χ0) is 18.7. The molecule has 0 heterocycles. The van der Waals surface area contributed by atoms with Gasteiger partial charge in [0.25, 0.3) is 0 Å². The number of hydrogen-bond donors (Lipinski definition) is 0. The van der Waals surface area contributed by atoms with Crippen molar-refractivity contribution in [3.05, 3.63) is 70.3 Å².